The Morgan fingerprint density at radius 3 is 2.55 bits per heavy atom. The molecule has 0 heterocycles. The minimum Gasteiger partial charge on any atom is -0.489 e. The molecule has 1 N–H and O–H groups in total. The topological polar surface area (TPSA) is 21.3 Å². The third-order valence-corrected chi connectivity index (χ3v) is 3.23. The Morgan fingerprint density at radius 2 is 1.80 bits per heavy atom. The van der Waals surface area contributed by atoms with Gasteiger partial charge in [-0.25, -0.2) is 0 Å². The molecular weight excluding hydrogens is 246 g/mol. The van der Waals surface area contributed by atoms with Crippen LogP contribution in [-0.2, 0) is 6.54 Å². The zero-order chi connectivity index (χ0) is 14.2. The van der Waals surface area contributed by atoms with Crippen LogP contribution in [0, 0.1) is 0 Å². The summed E-state index contributed by atoms with van der Waals surface area (Å²) in [6, 6.07) is 18.8. The van der Waals surface area contributed by atoms with Gasteiger partial charge in [0.25, 0.3) is 0 Å². The average Bonchev–Trinajstić information content (AvgIpc) is 2.52. The van der Waals surface area contributed by atoms with Gasteiger partial charge in [0.15, 0.2) is 0 Å². The summed E-state index contributed by atoms with van der Waals surface area (Å²) < 4.78 is 5.67. The Bertz CT molecular complexity index is 536. The molecule has 0 saturated carbocycles. The molecule has 0 aliphatic rings. The third-order valence-electron chi connectivity index (χ3n) is 3.23. The number of hydrogen-bond donors (Lipinski definition) is 1. The van der Waals surface area contributed by atoms with Crippen LogP contribution in [0.3, 0.4) is 0 Å². The molecule has 0 fully saturated rings. The molecule has 0 aliphatic carbocycles. The number of rotatable bonds is 7. The molecule has 2 aromatic rings. The van der Waals surface area contributed by atoms with Gasteiger partial charge in [0.2, 0.25) is 0 Å². The molecule has 1 unspecified atom stereocenters. The van der Waals surface area contributed by atoms with E-state index < -0.39 is 0 Å². The second-order valence-corrected chi connectivity index (χ2v) is 4.72. The zero-order valence-corrected chi connectivity index (χ0v) is 11.9. The van der Waals surface area contributed by atoms with Gasteiger partial charge in [0.05, 0.1) is 0 Å². The monoisotopic (exact) mass is 267 g/mol. The fourth-order valence-corrected chi connectivity index (χ4v) is 2.06. The van der Waals surface area contributed by atoms with Crippen molar-refractivity contribution in [2.24, 2.45) is 0 Å². The van der Waals surface area contributed by atoms with Gasteiger partial charge in [-0.2, -0.15) is 0 Å². The highest BCUT2D eigenvalue weighted by molar-refractivity contribution is 5.33. The maximum Gasteiger partial charge on any atom is 0.124 e. The molecule has 2 aromatic carbocycles. The van der Waals surface area contributed by atoms with E-state index in [-0.39, 0.29) is 0 Å². The van der Waals surface area contributed by atoms with E-state index in [1.165, 1.54) is 5.56 Å². The average molecular weight is 267 g/mol. The van der Waals surface area contributed by atoms with Crippen LogP contribution in [0.2, 0.25) is 0 Å². The number of hydrogen-bond acceptors (Lipinski definition) is 2. The van der Waals surface area contributed by atoms with Crippen LogP contribution in [0.4, 0.5) is 0 Å². The van der Waals surface area contributed by atoms with Crippen molar-refractivity contribution in [2.75, 3.05) is 6.61 Å². The second-order valence-electron chi connectivity index (χ2n) is 4.72. The smallest absolute Gasteiger partial charge is 0.124 e. The maximum absolute atomic E-state index is 5.67. The summed E-state index contributed by atoms with van der Waals surface area (Å²) >= 11 is 0. The van der Waals surface area contributed by atoms with Crippen LogP contribution < -0.4 is 10.1 Å². The minimum absolute atomic E-state index is 0.309. The van der Waals surface area contributed by atoms with Crippen molar-refractivity contribution in [1.82, 2.24) is 5.32 Å². The Balaban J connectivity index is 1.98. The number of benzene rings is 2. The normalized spacial score (nSPS) is 11.8. The molecule has 2 heteroatoms. The van der Waals surface area contributed by atoms with Gasteiger partial charge in [0, 0.05) is 18.2 Å². The lowest BCUT2D eigenvalue weighted by Gasteiger charge is -2.16. The predicted molar refractivity (Wildman–Crippen MR) is 83.8 cm³/mol. The van der Waals surface area contributed by atoms with Crippen LogP contribution in [0.1, 0.15) is 24.1 Å². The van der Waals surface area contributed by atoms with Crippen molar-refractivity contribution < 1.29 is 4.74 Å². The first-order chi connectivity index (χ1) is 9.81. The van der Waals surface area contributed by atoms with E-state index in [9.17, 15) is 0 Å². The summed E-state index contributed by atoms with van der Waals surface area (Å²) in [5.74, 6) is 0.917. The van der Waals surface area contributed by atoms with E-state index in [1.807, 2.05) is 24.3 Å². The van der Waals surface area contributed by atoms with Crippen LogP contribution in [-0.4, -0.2) is 6.61 Å². The third kappa shape index (κ3) is 3.97. The number of ether oxygens (including phenoxy) is 1. The highest BCUT2D eigenvalue weighted by Crippen LogP contribution is 2.19. The van der Waals surface area contributed by atoms with Gasteiger partial charge in [-0.3, -0.25) is 0 Å². The van der Waals surface area contributed by atoms with E-state index in [1.54, 1.807) is 6.08 Å². The molecule has 104 valence electrons. The van der Waals surface area contributed by atoms with Crippen LogP contribution in [0.15, 0.2) is 67.3 Å². The second kappa shape index (κ2) is 7.51. The highest BCUT2D eigenvalue weighted by atomic mass is 16.5. The highest BCUT2D eigenvalue weighted by Gasteiger charge is 2.06. The van der Waals surface area contributed by atoms with Crippen molar-refractivity contribution in [2.45, 2.75) is 19.5 Å². The van der Waals surface area contributed by atoms with Gasteiger partial charge >= 0.3 is 0 Å². The standard InChI is InChI=1S/C18H21NO/c1-3-13-20-18-12-8-7-11-17(18)14-19-15(2)16-9-5-4-6-10-16/h3-12,15,19H,1,13-14H2,2H3. The lowest BCUT2D eigenvalue weighted by atomic mass is 10.1. The van der Waals surface area contributed by atoms with Crippen LogP contribution in [0.5, 0.6) is 5.75 Å². The molecule has 1 atom stereocenters. The lowest BCUT2D eigenvalue weighted by molar-refractivity contribution is 0.357. The van der Waals surface area contributed by atoms with Gasteiger partial charge in [-0.05, 0) is 18.6 Å². The van der Waals surface area contributed by atoms with Crippen molar-refractivity contribution in [3.05, 3.63) is 78.4 Å². The minimum atomic E-state index is 0.309. The Hall–Kier alpha value is -2.06. The van der Waals surface area contributed by atoms with Gasteiger partial charge in [-0.1, -0.05) is 61.2 Å². The van der Waals surface area contributed by atoms with Gasteiger partial charge in [0.1, 0.15) is 12.4 Å². The van der Waals surface area contributed by atoms with E-state index in [4.69, 9.17) is 4.74 Å². The Kier molecular flexibility index (Phi) is 5.39. The zero-order valence-electron chi connectivity index (χ0n) is 11.9. The predicted octanol–water partition coefficient (Wildman–Crippen LogP) is 4.10. The first kappa shape index (κ1) is 14.4. The van der Waals surface area contributed by atoms with E-state index in [0.717, 1.165) is 17.9 Å². The molecule has 0 saturated heterocycles. The molecule has 0 bridgehead atoms. The summed E-state index contributed by atoms with van der Waals surface area (Å²) in [5.41, 5.74) is 2.45. The summed E-state index contributed by atoms with van der Waals surface area (Å²) in [6.07, 6.45) is 1.76. The molecule has 2 nitrogen and oxygen atoms in total. The largest absolute Gasteiger partial charge is 0.489 e. The number of para-hydroxylation sites is 1. The summed E-state index contributed by atoms with van der Waals surface area (Å²) in [6.45, 7) is 7.16. The fraction of sp³-hybridized carbons (Fsp3) is 0.222. The molecule has 2 rings (SSSR count). The Labute approximate surface area is 121 Å². The lowest BCUT2D eigenvalue weighted by Crippen LogP contribution is -2.18. The van der Waals surface area contributed by atoms with Gasteiger partial charge in [-0.15, -0.1) is 0 Å². The van der Waals surface area contributed by atoms with Crippen LogP contribution >= 0.6 is 0 Å². The molecule has 20 heavy (non-hydrogen) atoms. The van der Waals surface area contributed by atoms with Crippen molar-refractivity contribution >= 4 is 0 Å². The SMILES string of the molecule is C=CCOc1ccccc1CNC(C)c1ccccc1. The molecule has 0 radical (unpaired) electrons. The molecular formula is C18H21NO. The molecule has 0 amide bonds. The quantitative estimate of drug-likeness (QED) is 0.762. The summed E-state index contributed by atoms with van der Waals surface area (Å²) in [4.78, 5) is 0. The molecule has 0 aliphatic heterocycles. The summed E-state index contributed by atoms with van der Waals surface area (Å²) in [5, 5.41) is 3.53. The molecule has 0 spiro atoms. The number of nitrogens with one attached hydrogen (secondary N) is 1. The summed E-state index contributed by atoms with van der Waals surface area (Å²) in [7, 11) is 0. The van der Waals surface area contributed by atoms with Gasteiger partial charge < -0.3 is 10.1 Å². The first-order valence-corrected chi connectivity index (χ1v) is 6.91. The molecule has 0 aromatic heterocycles. The fourth-order valence-electron chi connectivity index (χ4n) is 2.06. The van der Waals surface area contributed by atoms with E-state index in [0.29, 0.717) is 12.6 Å². The first-order valence-electron chi connectivity index (χ1n) is 6.91. The van der Waals surface area contributed by atoms with E-state index in [2.05, 4.69) is 49.2 Å². The van der Waals surface area contributed by atoms with E-state index >= 15 is 0 Å². The van der Waals surface area contributed by atoms with Crippen LogP contribution in [0.25, 0.3) is 0 Å². The Morgan fingerprint density at radius 1 is 1.10 bits per heavy atom. The maximum atomic E-state index is 5.67. The van der Waals surface area contributed by atoms with Crippen molar-refractivity contribution in [1.29, 1.82) is 0 Å². The van der Waals surface area contributed by atoms with Crippen molar-refractivity contribution in [3.8, 4) is 5.75 Å². The van der Waals surface area contributed by atoms with Crippen molar-refractivity contribution in [3.63, 3.8) is 0 Å².